The highest BCUT2D eigenvalue weighted by atomic mass is 15.0. The fourth-order valence-electron chi connectivity index (χ4n) is 3.98. The van der Waals surface area contributed by atoms with Gasteiger partial charge < -0.3 is 9.88 Å². The predicted molar refractivity (Wildman–Crippen MR) is 123 cm³/mol. The van der Waals surface area contributed by atoms with E-state index in [2.05, 4.69) is 109 Å². The quantitative estimate of drug-likeness (QED) is 0.389. The number of aromatic nitrogens is 1. The smallest absolute Gasteiger partial charge is 0.0486 e. The van der Waals surface area contributed by atoms with Crippen LogP contribution in [-0.2, 0) is 19.5 Å². The first-order valence-electron chi connectivity index (χ1n) is 10.6. The molecular weight excluding hydrogens is 352 g/mol. The topological polar surface area (TPSA) is 17.0 Å². The number of rotatable bonds is 8. The van der Waals surface area contributed by atoms with Gasteiger partial charge in [-0.25, -0.2) is 0 Å². The molecule has 3 aromatic carbocycles. The molecule has 148 valence electrons. The number of nitrogens with zero attached hydrogens (tertiary/aromatic N) is 1. The zero-order chi connectivity index (χ0) is 20.1. The molecule has 1 N–H and O–H groups in total. The molecule has 4 rings (SSSR count). The summed E-state index contributed by atoms with van der Waals surface area (Å²) >= 11 is 0. The molecular formula is C27H30N2. The molecule has 0 aliphatic carbocycles. The molecule has 1 heterocycles. The molecule has 0 amide bonds. The standard InChI is InChI=1S/C27H30N2/c1-21-10-6-7-13-24(21)19-29-20-25(26-14-8-9-15-27(26)29)18-28-22(2)16-17-23-11-4-3-5-12-23/h3-15,20,22,28H,16-19H2,1-2H3/t22-/m0/s1. The minimum atomic E-state index is 0.480. The highest BCUT2D eigenvalue weighted by Crippen LogP contribution is 2.23. The molecule has 0 saturated heterocycles. The summed E-state index contributed by atoms with van der Waals surface area (Å²) in [5, 5.41) is 5.09. The summed E-state index contributed by atoms with van der Waals surface area (Å²) in [7, 11) is 0. The van der Waals surface area contributed by atoms with Crippen LogP contribution in [0.3, 0.4) is 0 Å². The number of fused-ring (bicyclic) bond motifs is 1. The first-order chi connectivity index (χ1) is 14.2. The van der Waals surface area contributed by atoms with Gasteiger partial charge in [0.2, 0.25) is 0 Å². The van der Waals surface area contributed by atoms with Crippen molar-refractivity contribution in [2.45, 2.75) is 45.8 Å². The largest absolute Gasteiger partial charge is 0.343 e. The van der Waals surface area contributed by atoms with Gasteiger partial charge in [0.25, 0.3) is 0 Å². The molecule has 0 unspecified atom stereocenters. The first kappa shape index (κ1) is 19.5. The van der Waals surface area contributed by atoms with Crippen molar-refractivity contribution in [3.63, 3.8) is 0 Å². The van der Waals surface area contributed by atoms with E-state index in [9.17, 15) is 0 Å². The third-order valence-corrected chi connectivity index (χ3v) is 5.82. The second kappa shape index (κ2) is 9.11. The van der Waals surface area contributed by atoms with E-state index in [4.69, 9.17) is 0 Å². The number of para-hydroxylation sites is 1. The van der Waals surface area contributed by atoms with Gasteiger partial charge in [-0.15, -0.1) is 0 Å². The lowest BCUT2D eigenvalue weighted by Crippen LogP contribution is -2.25. The molecule has 0 saturated carbocycles. The van der Waals surface area contributed by atoms with E-state index in [0.29, 0.717) is 6.04 Å². The van der Waals surface area contributed by atoms with Gasteiger partial charge in [-0.1, -0.05) is 72.8 Å². The molecule has 0 aliphatic rings. The zero-order valence-corrected chi connectivity index (χ0v) is 17.4. The van der Waals surface area contributed by atoms with Crippen LogP contribution in [0.15, 0.2) is 85.1 Å². The van der Waals surface area contributed by atoms with Crippen LogP contribution in [-0.4, -0.2) is 10.6 Å². The van der Waals surface area contributed by atoms with Crippen LogP contribution in [0.5, 0.6) is 0 Å². The highest BCUT2D eigenvalue weighted by Gasteiger charge is 2.10. The van der Waals surface area contributed by atoms with E-state index in [1.807, 2.05) is 0 Å². The summed E-state index contributed by atoms with van der Waals surface area (Å²) in [6.07, 6.45) is 4.59. The van der Waals surface area contributed by atoms with Gasteiger partial charge >= 0.3 is 0 Å². The van der Waals surface area contributed by atoms with Gasteiger partial charge in [0, 0.05) is 36.2 Å². The van der Waals surface area contributed by atoms with Crippen molar-refractivity contribution < 1.29 is 0 Å². The molecule has 0 bridgehead atoms. The lowest BCUT2D eigenvalue weighted by atomic mass is 10.1. The van der Waals surface area contributed by atoms with E-state index in [1.54, 1.807) is 0 Å². The molecule has 0 radical (unpaired) electrons. The van der Waals surface area contributed by atoms with Crippen LogP contribution in [0.25, 0.3) is 10.9 Å². The van der Waals surface area contributed by atoms with Crippen LogP contribution < -0.4 is 5.32 Å². The molecule has 0 spiro atoms. The average Bonchev–Trinajstić information content (AvgIpc) is 3.11. The maximum Gasteiger partial charge on any atom is 0.0486 e. The molecule has 2 heteroatoms. The van der Waals surface area contributed by atoms with Crippen molar-refractivity contribution in [3.05, 3.63) is 107 Å². The van der Waals surface area contributed by atoms with Crippen molar-refractivity contribution in [3.8, 4) is 0 Å². The number of nitrogens with one attached hydrogen (secondary N) is 1. The molecule has 4 aromatic rings. The van der Waals surface area contributed by atoms with Crippen molar-refractivity contribution >= 4 is 10.9 Å². The molecule has 0 aliphatic heterocycles. The second-order valence-electron chi connectivity index (χ2n) is 8.03. The highest BCUT2D eigenvalue weighted by molar-refractivity contribution is 5.84. The summed E-state index contributed by atoms with van der Waals surface area (Å²) in [6.45, 7) is 6.29. The number of hydrogen-bond acceptors (Lipinski definition) is 1. The minimum Gasteiger partial charge on any atom is -0.343 e. The first-order valence-corrected chi connectivity index (χ1v) is 10.6. The summed E-state index contributed by atoms with van der Waals surface area (Å²) in [5.41, 5.74) is 6.82. The lowest BCUT2D eigenvalue weighted by Gasteiger charge is -2.13. The number of benzene rings is 3. The van der Waals surface area contributed by atoms with Gasteiger partial charge in [0.15, 0.2) is 0 Å². The monoisotopic (exact) mass is 382 g/mol. The Labute approximate surface area is 174 Å². The third-order valence-electron chi connectivity index (χ3n) is 5.82. The van der Waals surface area contributed by atoms with Crippen LogP contribution in [0.1, 0.15) is 35.6 Å². The van der Waals surface area contributed by atoms with Crippen molar-refractivity contribution in [2.75, 3.05) is 0 Å². The Bertz CT molecular complexity index is 1060. The Morgan fingerprint density at radius 2 is 1.55 bits per heavy atom. The van der Waals surface area contributed by atoms with Crippen molar-refractivity contribution in [1.29, 1.82) is 0 Å². The van der Waals surface area contributed by atoms with Gasteiger partial charge in [-0.3, -0.25) is 0 Å². The van der Waals surface area contributed by atoms with E-state index in [0.717, 1.165) is 25.9 Å². The van der Waals surface area contributed by atoms with Crippen molar-refractivity contribution in [1.82, 2.24) is 9.88 Å². The van der Waals surface area contributed by atoms with Gasteiger partial charge in [-0.05, 0) is 55.0 Å². The Morgan fingerprint density at radius 1 is 0.828 bits per heavy atom. The Morgan fingerprint density at radius 3 is 2.38 bits per heavy atom. The van der Waals surface area contributed by atoms with Crippen LogP contribution in [0.4, 0.5) is 0 Å². The maximum atomic E-state index is 3.74. The SMILES string of the molecule is Cc1ccccc1Cn1cc(CN[C@@H](C)CCc2ccccc2)c2ccccc21. The Balaban J connectivity index is 1.45. The van der Waals surface area contributed by atoms with Crippen LogP contribution in [0.2, 0.25) is 0 Å². The fourth-order valence-corrected chi connectivity index (χ4v) is 3.98. The van der Waals surface area contributed by atoms with E-state index in [-0.39, 0.29) is 0 Å². The number of aryl methyl sites for hydroxylation is 2. The van der Waals surface area contributed by atoms with E-state index in [1.165, 1.54) is 33.2 Å². The number of hydrogen-bond donors (Lipinski definition) is 1. The van der Waals surface area contributed by atoms with Crippen LogP contribution in [0, 0.1) is 6.92 Å². The predicted octanol–water partition coefficient (Wildman–Crippen LogP) is 6.11. The zero-order valence-electron chi connectivity index (χ0n) is 17.4. The van der Waals surface area contributed by atoms with E-state index >= 15 is 0 Å². The maximum absolute atomic E-state index is 3.74. The fraction of sp³-hybridized carbons (Fsp3) is 0.259. The van der Waals surface area contributed by atoms with Gasteiger partial charge in [0.1, 0.15) is 0 Å². The molecule has 29 heavy (non-hydrogen) atoms. The summed E-state index contributed by atoms with van der Waals surface area (Å²) in [6, 6.07) is 28.6. The summed E-state index contributed by atoms with van der Waals surface area (Å²) in [4.78, 5) is 0. The lowest BCUT2D eigenvalue weighted by molar-refractivity contribution is 0.514. The minimum absolute atomic E-state index is 0.480. The van der Waals surface area contributed by atoms with E-state index < -0.39 is 0 Å². The Hall–Kier alpha value is -2.84. The third kappa shape index (κ3) is 4.78. The summed E-state index contributed by atoms with van der Waals surface area (Å²) < 4.78 is 2.39. The second-order valence-corrected chi connectivity index (χ2v) is 8.03. The van der Waals surface area contributed by atoms with Gasteiger partial charge in [0.05, 0.1) is 0 Å². The van der Waals surface area contributed by atoms with Crippen LogP contribution >= 0.6 is 0 Å². The molecule has 0 fully saturated rings. The summed E-state index contributed by atoms with van der Waals surface area (Å²) in [5.74, 6) is 0. The molecule has 2 nitrogen and oxygen atoms in total. The average molecular weight is 383 g/mol. The molecule has 1 aromatic heterocycles. The van der Waals surface area contributed by atoms with Crippen molar-refractivity contribution in [2.24, 2.45) is 0 Å². The Kier molecular flexibility index (Phi) is 6.12. The van der Waals surface area contributed by atoms with Gasteiger partial charge in [-0.2, -0.15) is 0 Å². The molecule has 1 atom stereocenters. The normalized spacial score (nSPS) is 12.3.